The number of rotatable bonds is 2. The molecule has 3 heteroatoms. The molecule has 0 aromatic rings. The number of alkyl halides is 3. The first-order valence-electron chi connectivity index (χ1n) is 1.57. The molecule has 6 heavy (non-hydrogen) atoms. The molecule has 0 aromatic carbocycles. The van der Waals surface area contributed by atoms with Crippen LogP contribution in [0.1, 0.15) is 0 Å². The van der Waals surface area contributed by atoms with E-state index in [-0.39, 0.29) is 5.38 Å². The maximum atomic E-state index is 11.2. The van der Waals surface area contributed by atoms with Gasteiger partial charge in [-0.3, -0.25) is 0 Å². The van der Waals surface area contributed by atoms with Gasteiger partial charge in [0.05, 0.1) is 5.38 Å². The normalized spacial score (nSPS) is 14.5. The smallest absolute Gasteiger partial charge is 0.107 e. The Hall–Kier alpha value is 0.700. The van der Waals surface area contributed by atoms with E-state index in [1.54, 1.807) is 0 Å². The second-order valence-corrected chi connectivity index (χ2v) is 2.17. The zero-order valence-corrected chi connectivity index (χ0v) is 5.47. The first kappa shape index (κ1) is 6.70. The summed E-state index contributed by atoms with van der Waals surface area (Å²) in [4.78, 5) is 0. The SMILES string of the molecule is FCC(Cl)CBr. The van der Waals surface area contributed by atoms with Crippen LogP contribution in [-0.4, -0.2) is 17.4 Å². The summed E-state index contributed by atoms with van der Waals surface area (Å²) in [6.45, 7) is -0.452. The van der Waals surface area contributed by atoms with Crippen molar-refractivity contribution in [2.24, 2.45) is 0 Å². The van der Waals surface area contributed by atoms with Gasteiger partial charge in [-0.05, 0) is 0 Å². The molecule has 0 fully saturated rings. The Bertz CT molecular complexity index is 30.0. The first-order chi connectivity index (χ1) is 2.81. The fourth-order valence-corrected chi connectivity index (χ4v) is 0.214. The molecule has 0 saturated carbocycles. The van der Waals surface area contributed by atoms with Crippen LogP contribution in [-0.2, 0) is 0 Å². The van der Waals surface area contributed by atoms with Crippen molar-refractivity contribution in [2.45, 2.75) is 5.38 Å². The van der Waals surface area contributed by atoms with E-state index < -0.39 is 6.67 Å². The largest absolute Gasteiger partial charge is 0.249 e. The summed E-state index contributed by atoms with van der Waals surface area (Å²) in [5, 5.41) is 0.190. The van der Waals surface area contributed by atoms with Gasteiger partial charge in [-0.1, -0.05) is 15.9 Å². The zero-order valence-electron chi connectivity index (χ0n) is 3.13. The highest BCUT2D eigenvalue weighted by Gasteiger charge is 1.96. The van der Waals surface area contributed by atoms with Gasteiger partial charge < -0.3 is 0 Å². The van der Waals surface area contributed by atoms with E-state index >= 15 is 0 Å². The maximum absolute atomic E-state index is 11.2. The summed E-state index contributed by atoms with van der Waals surface area (Å²) in [7, 11) is 0. The molecule has 0 nitrogen and oxygen atoms in total. The highest BCUT2D eigenvalue weighted by atomic mass is 79.9. The Kier molecular flexibility index (Phi) is 4.33. The Balaban J connectivity index is 2.75. The van der Waals surface area contributed by atoms with Crippen molar-refractivity contribution in [1.82, 2.24) is 0 Å². The van der Waals surface area contributed by atoms with Crippen LogP contribution in [0, 0.1) is 0 Å². The van der Waals surface area contributed by atoms with E-state index in [9.17, 15) is 4.39 Å². The Labute approximate surface area is 49.8 Å². The second-order valence-electron chi connectivity index (χ2n) is 0.906. The summed E-state index contributed by atoms with van der Waals surface area (Å²) in [6.07, 6.45) is 0. The average Bonchev–Trinajstić information content (AvgIpc) is 1.65. The van der Waals surface area contributed by atoms with Gasteiger partial charge in [-0.25, -0.2) is 4.39 Å². The van der Waals surface area contributed by atoms with Crippen LogP contribution in [0.3, 0.4) is 0 Å². The minimum Gasteiger partial charge on any atom is -0.249 e. The summed E-state index contributed by atoms with van der Waals surface area (Å²) in [5.74, 6) is 0. The molecule has 0 aliphatic carbocycles. The van der Waals surface area contributed by atoms with E-state index in [1.807, 2.05) is 0 Å². The summed E-state index contributed by atoms with van der Waals surface area (Å²) in [5.41, 5.74) is 0. The number of hydrogen-bond acceptors (Lipinski definition) is 0. The fourth-order valence-electron chi connectivity index (χ4n) is 0.0412. The standard InChI is InChI=1S/C3H5BrClF/c4-1-3(5)2-6/h3H,1-2H2. The summed E-state index contributed by atoms with van der Waals surface area (Å²) in [6, 6.07) is 0. The third kappa shape index (κ3) is 2.91. The minimum absolute atomic E-state index is 0.343. The van der Waals surface area contributed by atoms with E-state index in [1.165, 1.54) is 0 Å². The lowest BCUT2D eigenvalue weighted by molar-refractivity contribution is 0.494. The Morgan fingerprint density at radius 3 is 2.33 bits per heavy atom. The molecule has 0 heterocycles. The quantitative estimate of drug-likeness (QED) is 0.563. The van der Waals surface area contributed by atoms with Gasteiger partial charge in [0.1, 0.15) is 6.67 Å². The van der Waals surface area contributed by atoms with Gasteiger partial charge in [-0.15, -0.1) is 11.6 Å². The van der Waals surface area contributed by atoms with E-state index in [0.29, 0.717) is 5.33 Å². The number of halogens is 3. The first-order valence-corrected chi connectivity index (χ1v) is 3.13. The van der Waals surface area contributed by atoms with Crippen LogP contribution in [0.2, 0.25) is 0 Å². The lowest BCUT2D eigenvalue weighted by Gasteiger charge is -1.91. The van der Waals surface area contributed by atoms with Crippen molar-refractivity contribution in [3.05, 3.63) is 0 Å². The zero-order chi connectivity index (χ0) is 4.99. The molecule has 0 aliphatic heterocycles. The van der Waals surface area contributed by atoms with Crippen LogP contribution in [0.25, 0.3) is 0 Å². The lowest BCUT2D eigenvalue weighted by atomic mass is 10.5. The van der Waals surface area contributed by atoms with Crippen molar-refractivity contribution in [1.29, 1.82) is 0 Å². The van der Waals surface area contributed by atoms with Crippen molar-refractivity contribution in [3.8, 4) is 0 Å². The van der Waals surface area contributed by atoms with E-state index in [4.69, 9.17) is 11.6 Å². The molecular weight excluding hydrogens is 170 g/mol. The monoisotopic (exact) mass is 174 g/mol. The van der Waals surface area contributed by atoms with Crippen molar-refractivity contribution >= 4 is 27.5 Å². The molecule has 38 valence electrons. The van der Waals surface area contributed by atoms with Gasteiger partial charge in [-0.2, -0.15) is 0 Å². The van der Waals surface area contributed by atoms with Crippen LogP contribution in [0.15, 0.2) is 0 Å². The second kappa shape index (κ2) is 3.88. The predicted molar refractivity (Wildman–Crippen MR) is 29.4 cm³/mol. The van der Waals surface area contributed by atoms with Crippen LogP contribution in [0.5, 0.6) is 0 Å². The summed E-state index contributed by atoms with van der Waals surface area (Å²) < 4.78 is 11.2. The van der Waals surface area contributed by atoms with E-state index in [0.717, 1.165) is 0 Å². The highest BCUT2D eigenvalue weighted by Crippen LogP contribution is 1.98. The lowest BCUT2D eigenvalue weighted by Crippen LogP contribution is -2.00. The average molecular weight is 175 g/mol. The Morgan fingerprint density at radius 2 is 2.33 bits per heavy atom. The fraction of sp³-hybridized carbons (Fsp3) is 1.00. The molecule has 0 amide bonds. The molecule has 1 atom stereocenters. The topological polar surface area (TPSA) is 0 Å². The molecule has 0 spiro atoms. The molecule has 0 radical (unpaired) electrons. The van der Waals surface area contributed by atoms with Crippen molar-refractivity contribution in [2.75, 3.05) is 12.0 Å². The van der Waals surface area contributed by atoms with Crippen molar-refractivity contribution < 1.29 is 4.39 Å². The van der Waals surface area contributed by atoms with Gasteiger partial charge in [0.15, 0.2) is 0 Å². The van der Waals surface area contributed by atoms with Gasteiger partial charge >= 0.3 is 0 Å². The number of hydrogen-bond donors (Lipinski definition) is 0. The molecule has 0 rings (SSSR count). The maximum Gasteiger partial charge on any atom is 0.107 e. The van der Waals surface area contributed by atoms with Crippen molar-refractivity contribution in [3.63, 3.8) is 0 Å². The predicted octanol–water partition coefficient (Wildman–Crippen LogP) is 1.96. The minimum atomic E-state index is -0.452. The van der Waals surface area contributed by atoms with Gasteiger partial charge in [0, 0.05) is 5.33 Å². The molecule has 0 saturated heterocycles. The van der Waals surface area contributed by atoms with Gasteiger partial charge in [0.2, 0.25) is 0 Å². The molecule has 0 bridgehead atoms. The molecule has 0 N–H and O–H groups in total. The van der Waals surface area contributed by atoms with Gasteiger partial charge in [0.25, 0.3) is 0 Å². The summed E-state index contributed by atoms with van der Waals surface area (Å²) >= 11 is 8.23. The van der Waals surface area contributed by atoms with E-state index in [2.05, 4.69) is 15.9 Å². The van der Waals surface area contributed by atoms with Crippen LogP contribution >= 0.6 is 27.5 Å². The Morgan fingerprint density at radius 1 is 1.83 bits per heavy atom. The third-order valence-corrected chi connectivity index (χ3v) is 1.76. The van der Waals surface area contributed by atoms with Crippen LogP contribution in [0.4, 0.5) is 4.39 Å². The molecule has 1 unspecified atom stereocenters. The molecule has 0 aromatic heterocycles. The highest BCUT2D eigenvalue weighted by molar-refractivity contribution is 9.09. The third-order valence-electron chi connectivity index (χ3n) is 0.335. The molecular formula is C3H5BrClF. The molecule has 0 aliphatic rings. The van der Waals surface area contributed by atoms with Crippen LogP contribution < -0.4 is 0 Å².